The van der Waals surface area contributed by atoms with E-state index in [1.807, 2.05) is 42.0 Å². The first kappa shape index (κ1) is 17.8. The van der Waals surface area contributed by atoms with Crippen molar-refractivity contribution in [3.8, 4) is 0 Å². The van der Waals surface area contributed by atoms with Crippen molar-refractivity contribution in [1.29, 1.82) is 0 Å². The first-order valence-corrected chi connectivity index (χ1v) is 9.87. The van der Waals surface area contributed by atoms with E-state index in [1.54, 1.807) is 6.33 Å². The van der Waals surface area contributed by atoms with E-state index in [1.165, 1.54) is 5.56 Å². The molecular formula is C22H25N3O3. The molecule has 1 saturated heterocycles. The molecule has 2 aliphatic rings. The fourth-order valence-corrected chi connectivity index (χ4v) is 5.07. The Kier molecular flexibility index (Phi) is 4.23. The van der Waals surface area contributed by atoms with Gasteiger partial charge >= 0.3 is 0 Å². The number of aliphatic hydroxyl groups excluding tert-OH is 2. The van der Waals surface area contributed by atoms with Crippen LogP contribution in [0.5, 0.6) is 0 Å². The van der Waals surface area contributed by atoms with Crippen LogP contribution in [0.2, 0.25) is 0 Å². The van der Waals surface area contributed by atoms with Gasteiger partial charge in [0.25, 0.3) is 0 Å². The van der Waals surface area contributed by atoms with E-state index in [0.29, 0.717) is 13.0 Å². The van der Waals surface area contributed by atoms with Crippen molar-refractivity contribution in [1.82, 2.24) is 14.5 Å². The lowest BCUT2D eigenvalue weighted by Gasteiger charge is -2.26. The highest BCUT2D eigenvalue weighted by Gasteiger charge is 2.57. The molecule has 3 heterocycles. The van der Waals surface area contributed by atoms with E-state index in [9.17, 15) is 10.2 Å². The smallest absolute Gasteiger partial charge is 0.143 e. The zero-order valence-electron chi connectivity index (χ0n) is 15.9. The van der Waals surface area contributed by atoms with Crippen molar-refractivity contribution in [2.75, 3.05) is 6.61 Å². The van der Waals surface area contributed by atoms with E-state index in [4.69, 9.17) is 4.74 Å². The van der Waals surface area contributed by atoms with Crippen molar-refractivity contribution in [3.63, 3.8) is 0 Å². The first-order chi connectivity index (χ1) is 13.6. The summed E-state index contributed by atoms with van der Waals surface area (Å²) in [4.78, 5) is 8.67. The maximum Gasteiger partial charge on any atom is 0.143 e. The molecule has 1 saturated carbocycles. The van der Waals surface area contributed by atoms with Gasteiger partial charge in [-0.1, -0.05) is 30.3 Å². The Morgan fingerprint density at radius 2 is 1.96 bits per heavy atom. The first-order valence-electron chi connectivity index (χ1n) is 9.87. The highest BCUT2D eigenvalue weighted by atomic mass is 16.5. The largest absolute Gasteiger partial charge is 0.390 e. The summed E-state index contributed by atoms with van der Waals surface area (Å²) in [6.07, 6.45) is 4.17. The third kappa shape index (κ3) is 2.75. The van der Waals surface area contributed by atoms with Crippen LogP contribution in [0.1, 0.15) is 30.1 Å². The van der Waals surface area contributed by atoms with Crippen LogP contribution in [0.4, 0.5) is 0 Å². The Labute approximate surface area is 163 Å². The molecule has 146 valence electrons. The molecule has 0 bridgehead atoms. The zero-order chi connectivity index (χ0) is 19.3. The summed E-state index contributed by atoms with van der Waals surface area (Å²) in [5, 5.41) is 22.8. The quantitative estimate of drug-likeness (QED) is 0.731. The molecule has 28 heavy (non-hydrogen) atoms. The molecule has 2 aromatic heterocycles. The molecule has 2 N–H and O–H groups in total. The number of hydrogen-bond donors (Lipinski definition) is 2. The molecule has 2 fully saturated rings. The Bertz CT molecular complexity index is 989. The summed E-state index contributed by atoms with van der Waals surface area (Å²) in [5.74, 6) is 0. The number of aryl methyl sites for hydroxylation is 1. The SMILES string of the molecule is Cc1ncnc2c1ccn2[C@@H]1C[C@@]2(CO[C@@H](Cc3ccccc3)C2)[C@@H](O)[C@H]1O. The molecule has 6 nitrogen and oxygen atoms in total. The number of aromatic nitrogens is 3. The third-order valence-corrected chi connectivity index (χ3v) is 6.57. The van der Waals surface area contributed by atoms with Gasteiger partial charge in [-0.05, 0) is 37.8 Å². The zero-order valence-corrected chi connectivity index (χ0v) is 15.9. The monoisotopic (exact) mass is 379 g/mol. The lowest BCUT2D eigenvalue weighted by atomic mass is 9.80. The van der Waals surface area contributed by atoms with Gasteiger partial charge in [-0.15, -0.1) is 0 Å². The second kappa shape index (κ2) is 6.65. The van der Waals surface area contributed by atoms with Crippen molar-refractivity contribution in [3.05, 3.63) is 60.2 Å². The van der Waals surface area contributed by atoms with Crippen LogP contribution in [0, 0.1) is 12.3 Å². The van der Waals surface area contributed by atoms with E-state index in [-0.39, 0.29) is 12.1 Å². The molecule has 5 atom stereocenters. The predicted octanol–water partition coefficient (Wildman–Crippen LogP) is 2.42. The van der Waals surface area contributed by atoms with E-state index in [0.717, 1.165) is 29.6 Å². The number of rotatable bonds is 3. The molecule has 1 spiro atoms. The standard InChI is InChI=1S/C22H25N3O3/c1-14-17-7-8-25(21(17)24-13-23-14)18-11-22(20(27)19(18)26)10-16(28-12-22)9-15-5-3-2-4-6-15/h2-8,13,16,18-20,26-27H,9-12H2,1H3/t16-,18+,19-,20-,22-/m0/s1. The van der Waals surface area contributed by atoms with Crippen molar-refractivity contribution in [2.24, 2.45) is 5.41 Å². The molecule has 1 aliphatic carbocycles. The van der Waals surface area contributed by atoms with Gasteiger partial charge in [0.05, 0.1) is 30.6 Å². The van der Waals surface area contributed by atoms with Gasteiger partial charge in [0.2, 0.25) is 0 Å². The summed E-state index contributed by atoms with van der Waals surface area (Å²) < 4.78 is 8.08. The van der Waals surface area contributed by atoms with E-state index >= 15 is 0 Å². The average molecular weight is 379 g/mol. The summed E-state index contributed by atoms with van der Waals surface area (Å²) in [5.41, 5.74) is 2.54. The molecule has 5 rings (SSSR count). The highest BCUT2D eigenvalue weighted by molar-refractivity contribution is 5.78. The molecule has 0 unspecified atom stereocenters. The van der Waals surface area contributed by atoms with E-state index in [2.05, 4.69) is 22.1 Å². The summed E-state index contributed by atoms with van der Waals surface area (Å²) >= 11 is 0. The molecule has 1 aliphatic heterocycles. The summed E-state index contributed by atoms with van der Waals surface area (Å²) in [7, 11) is 0. The second-order valence-electron chi connectivity index (χ2n) is 8.32. The normalized spacial score (nSPS) is 32.5. The Hall–Kier alpha value is -2.28. The van der Waals surface area contributed by atoms with Gasteiger partial charge in [0.1, 0.15) is 18.1 Å². The van der Waals surface area contributed by atoms with Crippen LogP contribution in [0.15, 0.2) is 48.9 Å². The van der Waals surface area contributed by atoms with E-state index < -0.39 is 17.6 Å². The lowest BCUT2D eigenvalue weighted by Crippen LogP contribution is -2.37. The van der Waals surface area contributed by atoms with Gasteiger partial charge in [-0.3, -0.25) is 0 Å². The average Bonchev–Trinajstić information content (AvgIpc) is 3.37. The Morgan fingerprint density at radius 1 is 1.14 bits per heavy atom. The number of ether oxygens (including phenoxy) is 1. The third-order valence-electron chi connectivity index (χ3n) is 6.57. The molecule has 6 heteroatoms. The van der Waals surface area contributed by atoms with Crippen LogP contribution in [-0.4, -0.2) is 49.7 Å². The number of benzene rings is 1. The Morgan fingerprint density at radius 3 is 2.79 bits per heavy atom. The van der Waals surface area contributed by atoms with Crippen LogP contribution in [-0.2, 0) is 11.2 Å². The van der Waals surface area contributed by atoms with Crippen molar-refractivity contribution >= 4 is 11.0 Å². The van der Waals surface area contributed by atoms with Gasteiger partial charge < -0.3 is 19.5 Å². The van der Waals surface area contributed by atoms with Gasteiger partial charge in [0, 0.05) is 17.0 Å². The number of nitrogens with zero attached hydrogens (tertiary/aromatic N) is 3. The fraction of sp³-hybridized carbons (Fsp3) is 0.455. The summed E-state index contributed by atoms with van der Waals surface area (Å²) in [6, 6.07) is 12.0. The van der Waals surface area contributed by atoms with Gasteiger partial charge in [-0.25, -0.2) is 9.97 Å². The lowest BCUT2D eigenvalue weighted by molar-refractivity contribution is -0.0308. The van der Waals surface area contributed by atoms with Crippen LogP contribution in [0.3, 0.4) is 0 Å². The number of fused-ring (bicyclic) bond motifs is 1. The van der Waals surface area contributed by atoms with Gasteiger partial charge in [-0.2, -0.15) is 0 Å². The van der Waals surface area contributed by atoms with Crippen molar-refractivity contribution < 1.29 is 14.9 Å². The minimum Gasteiger partial charge on any atom is -0.390 e. The minimum absolute atomic E-state index is 0.0639. The highest BCUT2D eigenvalue weighted by Crippen LogP contribution is 2.52. The number of hydrogen-bond acceptors (Lipinski definition) is 5. The molecule has 0 amide bonds. The van der Waals surface area contributed by atoms with Crippen LogP contribution < -0.4 is 0 Å². The maximum absolute atomic E-state index is 11.0. The van der Waals surface area contributed by atoms with Crippen LogP contribution >= 0.6 is 0 Å². The molecule has 0 radical (unpaired) electrons. The molecular weight excluding hydrogens is 354 g/mol. The van der Waals surface area contributed by atoms with Crippen LogP contribution in [0.25, 0.3) is 11.0 Å². The Balaban J connectivity index is 1.40. The topological polar surface area (TPSA) is 80.4 Å². The number of aliphatic hydroxyl groups is 2. The minimum atomic E-state index is -0.843. The maximum atomic E-state index is 11.0. The second-order valence-corrected chi connectivity index (χ2v) is 8.32. The fourth-order valence-electron chi connectivity index (χ4n) is 5.07. The van der Waals surface area contributed by atoms with Gasteiger partial charge in [0.15, 0.2) is 0 Å². The van der Waals surface area contributed by atoms with Crippen molar-refractivity contribution in [2.45, 2.75) is 50.5 Å². The molecule has 1 aromatic carbocycles. The summed E-state index contributed by atoms with van der Waals surface area (Å²) in [6.45, 7) is 2.43. The molecule has 3 aromatic rings. The predicted molar refractivity (Wildman–Crippen MR) is 105 cm³/mol.